The number of fused-ring (bicyclic) bond motifs is 27. The highest BCUT2D eigenvalue weighted by molar-refractivity contribution is 6.22. The van der Waals surface area contributed by atoms with Gasteiger partial charge in [-0.1, -0.05) is 335 Å². The van der Waals surface area contributed by atoms with Gasteiger partial charge in [0.15, 0.2) is 17.5 Å². The number of hydrogen-bond acceptors (Lipinski definition) is 10. The zero-order valence-electron chi connectivity index (χ0n) is 77.3. The maximum absolute atomic E-state index is 6.38. The number of nitrogens with zero attached hydrogens (tertiary/aromatic N) is 10. The molecule has 0 saturated heterocycles. The largest absolute Gasteiger partial charge is 0.456 e. The van der Waals surface area contributed by atoms with Crippen LogP contribution in [0.4, 0.5) is 0 Å². The van der Waals surface area contributed by atoms with Crippen molar-refractivity contribution in [2.24, 2.45) is 0 Å². The van der Waals surface area contributed by atoms with E-state index in [1.54, 1.807) is 0 Å². The first-order chi connectivity index (χ1) is 70.7. The average Bonchev–Trinajstić information content (AvgIpc) is 1.55. The summed E-state index contributed by atoms with van der Waals surface area (Å²) in [5, 5.41) is 17.8. The molecule has 0 atom stereocenters. The van der Waals surface area contributed by atoms with Crippen molar-refractivity contribution in [1.29, 1.82) is 0 Å². The number of aromatic nitrogens is 10. The Morgan fingerprint density at radius 1 is 0.189 bits per heavy atom. The van der Waals surface area contributed by atoms with Crippen molar-refractivity contribution in [3.63, 3.8) is 0 Å². The lowest BCUT2D eigenvalue weighted by Crippen LogP contribution is -2.14. The summed E-state index contributed by atoms with van der Waals surface area (Å²) in [7, 11) is 0. The molecule has 0 spiro atoms. The van der Waals surface area contributed by atoms with Crippen molar-refractivity contribution in [1.82, 2.24) is 48.2 Å². The van der Waals surface area contributed by atoms with Gasteiger partial charge in [-0.15, -0.1) is 0 Å². The summed E-state index contributed by atoms with van der Waals surface area (Å²) in [6.45, 7) is 4.69. The van der Waals surface area contributed by atoms with Gasteiger partial charge in [-0.25, -0.2) is 15.0 Å². The molecule has 0 saturated carbocycles. The molecule has 11 aromatic heterocycles. The minimum Gasteiger partial charge on any atom is -0.456 e. The number of para-hydroxylation sites is 10. The zero-order chi connectivity index (χ0) is 94.2. The van der Waals surface area contributed by atoms with E-state index in [9.17, 15) is 0 Å². The van der Waals surface area contributed by atoms with Crippen LogP contribution in [0, 0.1) is 0 Å². The van der Waals surface area contributed by atoms with Crippen molar-refractivity contribution < 1.29 is 17.7 Å². The summed E-state index contributed by atoms with van der Waals surface area (Å²) in [6.07, 6.45) is 0. The van der Waals surface area contributed by atoms with Crippen LogP contribution >= 0.6 is 0 Å². The van der Waals surface area contributed by atoms with Gasteiger partial charge in [0, 0.05) is 132 Å². The first-order valence-corrected chi connectivity index (χ1v) is 48.3. The monoisotopic (exact) mass is 1830 g/mol. The third-order valence-corrected chi connectivity index (χ3v) is 29.0. The second kappa shape index (κ2) is 32.0. The van der Waals surface area contributed by atoms with Gasteiger partial charge in [-0.2, -0.15) is 15.0 Å². The Bertz CT molecular complexity index is 10500. The van der Waals surface area contributed by atoms with E-state index in [2.05, 4.69) is 323 Å². The Labute approximate surface area is 816 Å². The van der Waals surface area contributed by atoms with E-state index in [1.807, 2.05) is 158 Å². The topological polar surface area (TPSA) is 150 Å². The summed E-state index contributed by atoms with van der Waals surface area (Å²) < 4.78 is 34.9. The van der Waals surface area contributed by atoms with Crippen molar-refractivity contribution >= 4 is 175 Å². The van der Waals surface area contributed by atoms with Crippen LogP contribution in [0.1, 0.15) is 25.0 Å². The van der Waals surface area contributed by atoms with E-state index in [0.29, 0.717) is 34.6 Å². The SMILES string of the molecule is CC1(C)c2ccccc2-c2cc3c4ccccc4n(-c4cccc(-c5nc(-c6ccccc6)nc6oc7ccccc7c56)c4)c3cc21.c1ccc(-c2nc(-c3cccc(-n4c5ccccc5c5cc6c7ccccc7n(-c7ccccc7)c6cc54)c3)c3c(n2)oc2ccccc23)cc1.c1ccc(-c2nc(-c3ccccc3-n3c4ccccc4c4cc5c(cc43)oc3ccccc35)c3c(n2)oc2ccccc23)cc1. The normalized spacial score (nSPS) is 12.5. The zero-order valence-corrected chi connectivity index (χ0v) is 77.3. The third-order valence-electron chi connectivity index (χ3n) is 29.0. The predicted octanol–water partition coefficient (Wildman–Crippen LogP) is 33.7. The molecule has 0 radical (unpaired) electrons. The lowest BCUT2D eigenvalue weighted by Gasteiger charge is -2.21. The lowest BCUT2D eigenvalue weighted by molar-refractivity contribution is 0.653. The molecule has 0 amide bonds. The van der Waals surface area contributed by atoms with E-state index in [4.69, 9.17) is 47.6 Å². The molecular formula is C129H80N10O4. The Kier molecular flexibility index (Phi) is 18.1. The molecule has 14 nitrogen and oxygen atoms in total. The van der Waals surface area contributed by atoms with Crippen LogP contribution in [-0.4, -0.2) is 48.2 Å². The lowest BCUT2D eigenvalue weighted by atomic mass is 9.82. The third kappa shape index (κ3) is 12.8. The molecule has 14 heteroatoms. The molecule has 0 fully saturated rings. The summed E-state index contributed by atoms with van der Waals surface area (Å²) in [5.74, 6) is 1.90. The second-order valence-corrected chi connectivity index (χ2v) is 37.4. The van der Waals surface area contributed by atoms with Crippen LogP contribution in [0.2, 0.25) is 0 Å². The fourth-order valence-electron chi connectivity index (χ4n) is 22.5. The van der Waals surface area contributed by atoms with E-state index in [1.165, 1.54) is 87.4 Å². The van der Waals surface area contributed by atoms with Gasteiger partial charge < -0.3 is 35.9 Å². The fourth-order valence-corrected chi connectivity index (χ4v) is 22.5. The van der Waals surface area contributed by atoms with E-state index in [0.717, 1.165) is 166 Å². The first kappa shape index (κ1) is 81.0. The van der Waals surface area contributed by atoms with Gasteiger partial charge in [0.25, 0.3) is 0 Å². The molecule has 0 N–H and O–H groups in total. The minimum atomic E-state index is -0.0913. The van der Waals surface area contributed by atoms with Crippen LogP contribution in [0.5, 0.6) is 0 Å². The maximum atomic E-state index is 6.38. The van der Waals surface area contributed by atoms with Gasteiger partial charge in [0.2, 0.25) is 17.1 Å². The summed E-state index contributed by atoms with van der Waals surface area (Å²) in [6, 6.07) is 157. The molecule has 0 bridgehead atoms. The summed E-state index contributed by atoms with van der Waals surface area (Å²) in [5.41, 5.74) is 33.1. The first-order valence-electron chi connectivity index (χ1n) is 48.3. The number of rotatable bonds is 10. The Hall–Kier alpha value is -19.2. The second-order valence-electron chi connectivity index (χ2n) is 37.4. The van der Waals surface area contributed by atoms with Crippen molar-refractivity contribution in [3.05, 3.63) is 460 Å². The molecule has 1 aliphatic rings. The van der Waals surface area contributed by atoms with Gasteiger partial charge >= 0.3 is 0 Å². The number of furan rings is 4. The molecule has 30 aromatic rings. The standard InChI is InChI=1S/C46H28N4O.C43H29N3O.C40H23N3O2/c1-3-14-29(15-4-1)45-47-44(43-35-22-9-12-25-42(35)51-46(43)48-45)30-16-13-19-32(26-30)50-39-24-11-8-21-34(39)37-27-36-33-20-7-10-23-38(33)49(40(36)28-41(37)50)31-17-5-2-6-18-31;1-43(2)34-20-9-6-17-29(34)32-24-33-30-18-7-10-21-36(30)46(37(33)25-35(32)43)28-16-12-15-27(23-28)40-39-31-19-8-11-22-38(31)47-42(39)45-41(44-40)26-13-4-3-5-14-26;1-2-12-24(13-3-1)39-41-38(37-28-17-7-11-21-35(28)45-40(37)42-39)27-16-5-9-19-32(27)43-31-18-8-4-14-25(31)29-22-30-26-15-6-10-20-34(26)44-36(30)23-33(29)43/h1-28H;3-25H,1-2H3;1-23H. The quantitative estimate of drug-likeness (QED) is 0.129. The molecular weight excluding hydrogens is 1750 g/mol. The Morgan fingerprint density at radius 3 is 1.01 bits per heavy atom. The molecule has 0 unspecified atom stereocenters. The maximum Gasteiger partial charge on any atom is 0.231 e. The van der Waals surface area contributed by atoms with Gasteiger partial charge in [0.05, 0.1) is 83.1 Å². The minimum absolute atomic E-state index is 0.0913. The molecule has 31 rings (SSSR count). The highest BCUT2D eigenvalue weighted by atomic mass is 16.3. The smallest absolute Gasteiger partial charge is 0.231 e. The van der Waals surface area contributed by atoms with Gasteiger partial charge in [-0.3, -0.25) is 0 Å². The van der Waals surface area contributed by atoms with Crippen molar-refractivity contribution in [2.75, 3.05) is 0 Å². The Balaban J connectivity index is 0.000000102. The Morgan fingerprint density at radius 2 is 0.524 bits per heavy atom. The molecule has 143 heavy (non-hydrogen) atoms. The van der Waals surface area contributed by atoms with Gasteiger partial charge in [0.1, 0.15) is 27.9 Å². The molecule has 1 aliphatic carbocycles. The van der Waals surface area contributed by atoms with E-state index < -0.39 is 0 Å². The molecule has 670 valence electrons. The predicted molar refractivity (Wildman–Crippen MR) is 583 cm³/mol. The number of hydrogen-bond donors (Lipinski definition) is 0. The molecule has 19 aromatic carbocycles. The summed E-state index contributed by atoms with van der Waals surface area (Å²) >= 11 is 0. The van der Waals surface area contributed by atoms with E-state index in [-0.39, 0.29) is 5.41 Å². The van der Waals surface area contributed by atoms with Crippen LogP contribution in [0.15, 0.2) is 467 Å². The van der Waals surface area contributed by atoms with Crippen molar-refractivity contribution in [3.8, 4) is 102 Å². The van der Waals surface area contributed by atoms with Crippen LogP contribution in [0.3, 0.4) is 0 Å². The molecule has 11 heterocycles. The molecule has 0 aliphatic heterocycles. The van der Waals surface area contributed by atoms with Crippen LogP contribution < -0.4 is 0 Å². The highest BCUT2D eigenvalue weighted by Crippen LogP contribution is 2.53. The summed E-state index contributed by atoms with van der Waals surface area (Å²) in [4.78, 5) is 30.5. The van der Waals surface area contributed by atoms with Crippen LogP contribution in [-0.2, 0) is 5.41 Å². The number of benzene rings is 19. The van der Waals surface area contributed by atoms with Gasteiger partial charge in [-0.05, 0) is 144 Å². The van der Waals surface area contributed by atoms with Crippen molar-refractivity contribution in [2.45, 2.75) is 19.3 Å². The van der Waals surface area contributed by atoms with E-state index >= 15 is 0 Å². The van der Waals surface area contributed by atoms with Crippen LogP contribution in [0.25, 0.3) is 277 Å². The highest BCUT2D eigenvalue weighted by Gasteiger charge is 2.37. The average molecular weight is 1830 g/mol. The fraction of sp³-hybridized carbons (Fsp3) is 0.0233.